The molecule has 1 rings (SSSR count). The lowest BCUT2D eigenvalue weighted by Gasteiger charge is -2.15. The van der Waals surface area contributed by atoms with Crippen LogP contribution in [0.25, 0.3) is 0 Å². The Labute approximate surface area is 80.8 Å². The van der Waals surface area contributed by atoms with Crippen LogP contribution in [0.15, 0.2) is 0 Å². The van der Waals surface area contributed by atoms with E-state index in [1.165, 1.54) is 20.0 Å². The molecular formula is C10H21NO2. The van der Waals surface area contributed by atoms with Crippen molar-refractivity contribution >= 4 is 6.09 Å². The number of nitrogens with one attached hydrogen (secondary N) is 1. The number of hydrogen-bond donors (Lipinski definition) is 1. The average Bonchev–Trinajstić information content (AvgIpc) is 2.55. The Hall–Kier alpha value is -0.730. The molecule has 78 valence electrons. The van der Waals surface area contributed by atoms with Crippen LogP contribution in [-0.4, -0.2) is 19.2 Å². The lowest BCUT2D eigenvalue weighted by Crippen LogP contribution is -2.36. The first-order chi connectivity index (χ1) is 6.24. The average molecular weight is 187 g/mol. The fourth-order valence-electron chi connectivity index (χ4n) is 1.57. The van der Waals surface area contributed by atoms with E-state index < -0.39 is 0 Å². The van der Waals surface area contributed by atoms with Crippen molar-refractivity contribution in [3.8, 4) is 0 Å². The van der Waals surface area contributed by atoms with Gasteiger partial charge in [-0.15, -0.1) is 0 Å². The molecule has 0 spiro atoms. The van der Waals surface area contributed by atoms with Gasteiger partial charge in [-0.2, -0.15) is 0 Å². The minimum atomic E-state index is -0.302. The zero-order valence-electron chi connectivity index (χ0n) is 9.09. The third-order valence-corrected chi connectivity index (χ3v) is 2.35. The summed E-state index contributed by atoms with van der Waals surface area (Å²) in [5.41, 5.74) is 0. The van der Waals surface area contributed by atoms with Crippen LogP contribution in [0.4, 0.5) is 4.79 Å². The van der Waals surface area contributed by atoms with Crippen molar-refractivity contribution in [1.29, 1.82) is 0 Å². The Balaban J connectivity index is 0.000000671. The maximum atomic E-state index is 10.8. The Kier molecular flexibility index (Phi) is 6.37. The number of ether oxygens (including phenoxy) is 1. The molecule has 1 aliphatic rings. The number of amides is 1. The molecule has 1 aliphatic carbocycles. The Morgan fingerprint density at radius 3 is 2.38 bits per heavy atom. The molecule has 3 heteroatoms. The number of rotatable bonds is 1. The van der Waals surface area contributed by atoms with Crippen molar-refractivity contribution in [1.82, 2.24) is 5.32 Å². The Morgan fingerprint density at radius 1 is 1.38 bits per heavy atom. The van der Waals surface area contributed by atoms with E-state index in [9.17, 15) is 4.79 Å². The molecule has 2 atom stereocenters. The van der Waals surface area contributed by atoms with E-state index in [0.29, 0.717) is 12.0 Å². The lowest BCUT2D eigenvalue weighted by atomic mass is 10.1. The number of carbonyl (C=O) groups is 1. The minimum absolute atomic E-state index is 0.302. The van der Waals surface area contributed by atoms with Crippen molar-refractivity contribution in [2.24, 2.45) is 5.92 Å². The van der Waals surface area contributed by atoms with Crippen molar-refractivity contribution in [2.45, 2.75) is 46.1 Å². The quantitative estimate of drug-likeness (QED) is 0.685. The molecule has 0 radical (unpaired) electrons. The van der Waals surface area contributed by atoms with Crippen molar-refractivity contribution < 1.29 is 9.53 Å². The predicted molar refractivity (Wildman–Crippen MR) is 53.7 cm³/mol. The first-order valence-corrected chi connectivity index (χ1v) is 5.08. The van der Waals surface area contributed by atoms with Crippen LogP contribution in [0.3, 0.4) is 0 Å². The normalized spacial score (nSPS) is 25.8. The molecule has 1 N–H and O–H groups in total. The molecule has 3 nitrogen and oxygen atoms in total. The first-order valence-electron chi connectivity index (χ1n) is 5.08. The molecule has 1 saturated carbocycles. The molecule has 0 aromatic carbocycles. The molecule has 0 saturated heterocycles. The Bertz CT molecular complexity index is 148. The highest BCUT2D eigenvalue weighted by Gasteiger charge is 2.24. The summed E-state index contributed by atoms with van der Waals surface area (Å²) in [6.07, 6.45) is 3.23. The molecule has 0 heterocycles. The lowest BCUT2D eigenvalue weighted by molar-refractivity contribution is 0.164. The van der Waals surface area contributed by atoms with Crippen LogP contribution in [-0.2, 0) is 4.74 Å². The highest BCUT2D eigenvalue weighted by molar-refractivity contribution is 5.67. The van der Waals surface area contributed by atoms with E-state index in [0.717, 1.165) is 6.42 Å². The number of hydrogen-bond acceptors (Lipinski definition) is 2. The van der Waals surface area contributed by atoms with Crippen LogP contribution >= 0.6 is 0 Å². The van der Waals surface area contributed by atoms with Gasteiger partial charge in [0, 0.05) is 6.04 Å². The summed E-state index contributed by atoms with van der Waals surface area (Å²) in [5.74, 6) is 0.606. The summed E-state index contributed by atoms with van der Waals surface area (Å²) >= 11 is 0. The minimum Gasteiger partial charge on any atom is -0.453 e. The molecule has 0 aliphatic heterocycles. The largest absolute Gasteiger partial charge is 0.453 e. The van der Waals surface area contributed by atoms with Crippen LogP contribution in [0.1, 0.15) is 40.0 Å². The van der Waals surface area contributed by atoms with Crippen molar-refractivity contribution in [3.05, 3.63) is 0 Å². The second-order valence-electron chi connectivity index (χ2n) is 3.15. The molecule has 0 bridgehead atoms. The van der Waals surface area contributed by atoms with E-state index in [2.05, 4.69) is 17.0 Å². The summed E-state index contributed by atoms with van der Waals surface area (Å²) in [7, 11) is 1.40. The summed E-state index contributed by atoms with van der Waals surface area (Å²) < 4.78 is 4.51. The molecule has 0 aromatic heterocycles. The van der Waals surface area contributed by atoms with E-state index in [1.807, 2.05) is 13.8 Å². The van der Waals surface area contributed by atoms with Crippen LogP contribution in [0.2, 0.25) is 0 Å². The monoisotopic (exact) mass is 187 g/mol. The van der Waals surface area contributed by atoms with Gasteiger partial charge >= 0.3 is 6.09 Å². The first kappa shape index (κ1) is 12.3. The second-order valence-corrected chi connectivity index (χ2v) is 3.15. The van der Waals surface area contributed by atoms with Gasteiger partial charge in [-0.3, -0.25) is 0 Å². The number of alkyl carbamates (subject to hydrolysis) is 1. The van der Waals surface area contributed by atoms with Gasteiger partial charge in [0.15, 0.2) is 0 Å². The molecule has 1 fully saturated rings. The smallest absolute Gasteiger partial charge is 0.407 e. The van der Waals surface area contributed by atoms with Gasteiger partial charge in [0.2, 0.25) is 0 Å². The molecule has 1 amide bonds. The van der Waals surface area contributed by atoms with Gasteiger partial charge in [0.05, 0.1) is 7.11 Å². The Morgan fingerprint density at radius 2 is 2.00 bits per heavy atom. The topological polar surface area (TPSA) is 38.3 Å². The summed E-state index contributed by atoms with van der Waals surface area (Å²) in [6.45, 7) is 6.16. The van der Waals surface area contributed by atoms with Crippen molar-refractivity contribution in [2.75, 3.05) is 7.11 Å². The van der Waals surface area contributed by atoms with Gasteiger partial charge < -0.3 is 10.1 Å². The fraction of sp³-hybridized carbons (Fsp3) is 0.900. The number of carbonyl (C=O) groups excluding carboxylic acids is 1. The van der Waals surface area contributed by atoms with Gasteiger partial charge in [0.1, 0.15) is 0 Å². The van der Waals surface area contributed by atoms with E-state index in [-0.39, 0.29) is 6.09 Å². The van der Waals surface area contributed by atoms with Crippen LogP contribution < -0.4 is 5.32 Å². The zero-order chi connectivity index (χ0) is 10.3. The summed E-state index contributed by atoms with van der Waals surface area (Å²) in [4.78, 5) is 10.8. The highest BCUT2D eigenvalue weighted by Crippen LogP contribution is 2.24. The molecule has 13 heavy (non-hydrogen) atoms. The fourth-order valence-corrected chi connectivity index (χ4v) is 1.57. The SMILES string of the molecule is CC.COC(=O)NC1CCCC1C. The zero-order valence-corrected chi connectivity index (χ0v) is 9.09. The van der Waals surface area contributed by atoms with E-state index >= 15 is 0 Å². The van der Waals surface area contributed by atoms with Gasteiger partial charge in [-0.05, 0) is 18.8 Å². The number of methoxy groups -OCH3 is 1. The predicted octanol–water partition coefficient (Wildman–Crippen LogP) is 2.56. The van der Waals surface area contributed by atoms with Crippen molar-refractivity contribution in [3.63, 3.8) is 0 Å². The second kappa shape index (κ2) is 6.75. The van der Waals surface area contributed by atoms with Crippen LogP contribution in [0.5, 0.6) is 0 Å². The van der Waals surface area contributed by atoms with E-state index in [4.69, 9.17) is 0 Å². The summed E-state index contributed by atoms with van der Waals surface area (Å²) in [6, 6.07) is 0.336. The molecule has 0 aromatic rings. The maximum Gasteiger partial charge on any atom is 0.407 e. The van der Waals surface area contributed by atoms with E-state index in [1.54, 1.807) is 0 Å². The van der Waals surface area contributed by atoms with Gasteiger partial charge in [-0.1, -0.05) is 27.2 Å². The third kappa shape index (κ3) is 4.15. The van der Waals surface area contributed by atoms with Crippen LogP contribution in [0, 0.1) is 5.92 Å². The third-order valence-electron chi connectivity index (χ3n) is 2.35. The van der Waals surface area contributed by atoms with Gasteiger partial charge in [0.25, 0.3) is 0 Å². The molecular weight excluding hydrogens is 166 g/mol. The van der Waals surface area contributed by atoms with Gasteiger partial charge in [-0.25, -0.2) is 4.79 Å². The maximum absolute atomic E-state index is 10.8. The summed E-state index contributed by atoms with van der Waals surface area (Å²) in [5, 5.41) is 2.82. The molecule has 2 unspecified atom stereocenters. The highest BCUT2D eigenvalue weighted by atomic mass is 16.5. The standard InChI is InChI=1S/C8H15NO2.C2H6/c1-6-4-3-5-7(6)9-8(10)11-2;1-2/h6-7H,3-5H2,1-2H3,(H,9,10);1-2H3.